The summed E-state index contributed by atoms with van der Waals surface area (Å²) in [5.41, 5.74) is 1.73. The molecule has 0 unspecified atom stereocenters. The molecule has 3 rings (SSSR count). The van der Waals surface area contributed by atoms with Gasteiger partial charge in [-0.1, -0.05) is 11.6 Å². The highest BCUT2D eigenvalue weighted by Gasteiger charge is 2.08. The predicted octanol–water partition coefficient (Wildman–Crippen LogP) is 4.71. The minimum Gasteiger partial charge on any atom is -0.496 e. The first kappa shape index (κ1) is 19.6. The summed E-state index contributed by atoms with van der Waals surface area (Å²) < 4.78 is 5.24. The zero-order chi connectivity index (χ0) is 19.9. The molecular formula is C20H16ClN3O3S. The van der Waals surface area contributed by atoms with Crippen molar-refractivity contribution in [2.24, 2.45) is 0 Å². The smallest absolute Gasteiger partial charge is 0.257 e. The SMILES string of the molecule is COc1ccc(Cl)cc1/C=C/C(=O)Nc1ccc(C(=O)Nc2nccs2)cc1. The molecule has 1 heterocycles. The first-order valence-electron chi connectivity index (χ1n) is 8.18. The number of methoxy groups -OCH3 is 1. The highest BCUT2D eigenvalue weighted by Crippen LogP contribution is 2.24. The molecule has 0 radical (unpaired) electrons. The number of amides is 2. The van der Waals surface area contributed by atoms with E-state index in [0.717, 1.165) is 0 Å². The van der Waals surface area contributed by atoms with Crippen LogP contribution in [0, 0.1) is 0 Å². The lowest BCUT2D eigenvalue weighted by atomic mass is 10.1. The fourth-order valence-corrected chi connectivity index (χ4v) is 3.05. The van der Waals surface area contributed by atoms with E-state index in [1.165, 1.54) is 17.4 Å². The van der Waals surface area contributed by atoms with E-state index in [9.17, 15) is 9.59 Å². The molecule has 2 aromatic carbocycles. The Kier molecular flexibility index (Phi) is 6.41. The number of thiazole rings is 1. The van der Waals surface area contributed by atoms with Gasteiger partial charge in [-0.2, -0.15) is 0 Å². The fraction of sp³-hybridized carbons (Fsp3) is 0.0500. The summed E-state index contributed by atoms with van der Waals surface area (Å²) in [5.74, 6) is 0.0341. The number of nitrogens with zero attached hydrogens (tertiary/aromatic N) is 1. The third-order valence-electron chi connectivity index (χ3n) is 3.67. The minimum atomic E-state index is -0.318. The lowest BCUT2D eigenvalue weighted by Crippen LogP contribution is -2.12. The van der Waals surface area contributed by atoms with Crippen molar-refractivity contribution in [2.45, 2.75) is 0 Å². The molecule has 28 heavy (non-hydrogen) atoms. The van der Waals surface area contributed by atoms with Gasteiger partial charge in [0.2, 0.25) is 5.91 Å². The summed E-state index contributed by atoms with van der Waals surface area (Å²) >= 11 is 7.32. The fourth-order valence-electron chi connectivity index (χ4n) is 2.34. The normalized spacial score (nSPS) is 10.6. The number of rotatable bonds is 6. The molecule has 0 bridgehead atoms. The van der Waals surface area contributed by atoms with Gasteiger partial charge in [0, 0.05) is 39.5 Å². The summed E-state index contributed by atoms with van der Waals surface area (Å²) in [5, 5.41) is 8.29. The van der Waals surface area contributed by atoms with Gasteiger partial charge in [0.15, 0.2) is 5.13 Å². The topological polar surface area (TPSA) is 80.3 Å². The van der Waals surface area contributed by atoms with Gasteiger partial charge in [0.25, 0.3) is 5.91 Å². The number of halogens is 1. The average molecular weight is 414 g/mol. The van der Waals surface area contributed by atoms with Crippen LogP contribution in [0.3, 0.4) is 0 Å². The number of hydrogen-bond acceptors (Lipinski definition) is 5. The highest BCUT2D eigenvalue weighted by atomic mass is 35.5. The van der Waals surface area contributed by atoms with Crippen LogP contribution in [0.25, 0.3) is 6.08 Å². The number of anilines is 2. The summed E-state index contributed by atoms with van der Waals surface area (Å²) in [6.45, 7) is 0. The van der Waals surface area contributed by atoms with Crippen LogP contribution in [-0.4, -0.2) is 23.9 Å². The minimum absolute atomic E-state index is 0.263. The quantitative estimate of drug-likeness (QED) is 0.573. The third-order valence-corrected chi connectivity index (χ3v) is 4.60. The first-order valence-corrected chi connectivity index (χ1v) is 9.44. The molecular weight excluding hydrogens is 398 g/mol. The molecule has 3 aromatic rings. The van der Waals surface area contributed by atoms with Crippen molar-refractivity contribution in [3.05, 3.63) is 76.3 Å². The van der Waals surface area contributed by atoms with Crippen LogP contribution in [0.1, 0.15) is 15.9 Å². The Hall–Kier alpha value is -3.16. The van der Waals surface area contributed by atoms with Gasteiger partial charge < -0.3 is 10.1 Å². The van der Waals surface area contributed by atoms with Crippen LogP contribution in [0.5, 0.6) is 5.75 Å². The number of nitrogens with one attached hydrogen (secondary N) is 2. The maximum Gasteiger partial charge on any atom is 0.257 e. The second kappa shape index (κ2) is 9.16. The van der Waals surface area contributed by atoms with Crippen LogP contribution >= 0.6 is 22.9 Å². The maximum atomic E-state index is 12.1. The van der Waals surface area contributed by atoms with Gasteiger partial charge >= 0.3 is 0 Å². The Morgan fingerprint density at radius 1 is 1.14 bits per heavy atom. The van der Waals surface area contributed by atoms with Gasteiger partial charge in [0.1, 0.15) is 5.75 Å². The Labute approximate surface area is 170 Å². The van der Waals surface area contributed by atoms with E-state index in [2.05, 4.69) is 15.6 Å². The van der Waals surface area contributed by atoms with Crippen molar-refractivity contribution in [1.82, 2.24) is 4.98 Å². The van der Waals surface area contributed by atoms with Crippen molar-refractivity contribution in [3.63, 3.8) is 0 Å². The standard InChI is InChI=1S/C20H16ClN3O3S/c1-27-17-8-5-15(21)12-14(17)4-9-18(25)23-16-6-2-13(3-7-16)19(26)24-20-22-10-11-28-20/h2-12H,1H3,(H,23,25)(H,22,24,26)/b9-4+. The van der Waals surface area contributed by atoms with Crippen molar-refractivity contribution < 1.29 is 14.3 Å². The summed E-state index contributed by atoms with van der Waals surface area (Å²) in [6.07, 6.45) is 4.62. The zero-order valence-corrected chi connectivity index (χ0v) is 16.4. The molecule has 6 nitrogen and oxygen atoms in total. The number of benzene rings is 2. The number of ether oxygens (including phenoxy) is 1. The monoisotopic (exact) mass is 413 g/mol. The summed E-state index contributed by atoms with van der Waals surface area (Å²) in [7, 11) is 1.55. The predicted molar refractivity (Wildman–Crippen MR) is 112 cm³/mol. The van der Waals surface area contributed by atoms with E-state index in [-0.39, 0.29) is 11.8 Å². The molecule has 0 aliphatic carbocycles. The largest absolute Gasteiger partial charge is 0.496 e. The van der Waals surface area contributed by atoms with E-state index in [0.29, 0.717) is 32.7 Å². The molecule has 8 heteroatoms. The van der Waals surface area contributed by atoms with Crippen molar-refractivity contribution >= 4 is 51.6 Å². The van der Waals surface area contributed by atoms with E-state index in [1.807, 2.05) is 0 Å². The van der Waals surface area contributed by atoms with Gasteiger partial charge in [-0.05, 0) is 48.5 Å². The van der Waals surface area contributed by atoms with Crippen molar-refractivity contribution in [3.8, 4) is 5.75 Å². The molecule has 0 atom stereocenters. The molecule has 142 valence electrons. The summed E-state index contributed by atoms with van der Waals surface area (Å²) in [6, 6.07) is 11.7. The number of aromatic nitrogens is 1. The van der Waals surface area contributed by atoms with Crippen LogP contribution in [0.2, 0.25) is 5.02 Å². The Bertz CT molecular complexity index is 1000. The lowest BCUT2D eigenvalue weighted by Gasteiger charge is -2.06. The number of carbonyl (C=O) groups is 2. The van der Waals surface area contributed by atoms with Gasteiger partial charge in [-0.15, -0.1) is 11.3 Å². The maximum absolute atomic E-state index is 12.1. The third kappa shape index (κ3) is 5.18. The molecule has 0 spiro atoms. The van der Waals surface area contributed by atoms with Crippen LogP contribution < -0.4 is 15.4 Å². The number of carbonyl (C=O) groups excluding carboxylic acids is 2. The molecule has 2 N–H and O–H groups in total. The molecule has 0 saturated heterocycles. The Morgan fingerprint density at radius 3 is 2.61 bits per heavy atom. The second-order valence-electron chi connectivity index (χ2n) is 5.58. The van der Waals surface area contributed by atoms with Crippen molar-refractivity contribution in [2.75, 3.05) is 17.7 Å². The van der Waals surface area contributed by atoms with Gasteiger partial charge in [-0.3, -0.25) is 14.9 Å². The average Bonchev–Trinajstić information content (AvgIpc) is 3.20. The molecule has 0 aliphatic heterocycles. The number of hydrogen-bond donors (Lipinski definition) is 2. The van der Waals surface area contributed by atoms with Gasteiger partial charge in [0.05, 0.1) is 7.11 Å². The Morgan fingerprint density at radius 2 is 1.93 bits per heavy atom. The van der Waals surface area contributed by atoms with E-state index in [4.69, 9.17) is 16.3 Å². The Balaban J connectivity index is 1.61. The first-order chi connectivity index (χ1) is 13.5. The molecule has 0 fully saturated rings. The molecule has 0 aliphatic rings. The van der Waals surface area contributed by atoms with Gasteiger partial charge in [-0.25, -0.2) is 4.98 Å². The summed E-state index contributed by atoms with van der Waals surface area (Å²) in [4.78, 5) is 28.3. The molecule has 1 aromatic heterocycles. The van der Waals surface area contributed by atoms with Crippen molar-refractivity contribution in [1.29, 1.82) is 0 Å². The molecule has 0 saturated carbocycles. The van der Waals surface area contributed by atoms with Crippen LogP contribution in [-0.2, 0) is 4.79 Å². The molecule has 2 amide bonds. The van der Waals surface area contributed by atoms with E-state index < -0.39 is 0 Å². The zero-order valence-electron chi connectivity index (χ0n) is 14.8. The van der Waals surface area contributed by atoms with Crippen LogP contribution in [0.15, 0.2) is 60.1 Å². The van der Waals surface area contributed by atoms with Crippen LogP contribution in [0.4, 0.5) is 10.8 Å². The lowest BCUT2D eigenvalue weighted by molar-refractivity contribution is -0.111. The van der Waals surface area contributed by atoms with E-state index >= 15 is 0 Å². The van der Waals surface area contributed by atoms with E-state index in [1.54, 1.807) is 67.2 Å². The second-order valence-corrected chi connectivity index (χ2v) is 6.91. The highest BCUT2D eigenvalue weighted by molar-refractivity contribution is 7.13.